The van der Waals surface area contributed by atoms with E-state index in [-0.39, 0.29) is 6.61 Å². The van der Waals surface area contributed by atoms with Gasteiger partial charge in [-0.05, 0) is 12.8 Å². The van der Waals surface area contributed by atoms with Gasteiger partial charge in [-0.2, -0.15) is 13.2 Å². The van der Waals surface area contributed by atoms with Crippen LogP contribution in [0.3, 0.4) is 0 Å². The second kappa shape index (κ2) is 12.2. The van der Waals surface area contributed by atoms with Crippen LogP contribution in [-0.4, -0.2) is 73.4 Å². The third kappa shape index (κ3) is 9.39. The van der Waals surface area contributed by atoms with Gasteiger partial charge in [-0.25, -0.2) is 18.0 Å². The predicted molar refractivity (Wildman–Crippen MR) is 103 cm³/mol. The van der Waals surface area contributed by atoms with Crippen LogP contribution in [0.2, 0.25) is 0 Å². The summed E-state index contributed by atoms with van der Waals surface area (Å²) in [6.07, 6.45) is -2.93. The van der Waals surface area contributed by atoms with Crippen LogP contribution in [0.5, 0.6) is 0 Å². The highest BCUT2D eigenvalue weighted by atomic mass is 32.2. The molecule has 0 saturated carbocycles. The molecule has 0 unspecified atom stereocenters. The first-order chi connectivity index (χ1) is 14.1. The molecule has 0 aromatic rings. The first kappa shape index (κ1) is 29.1. The Morgan fingerprint density at radius 1 is 1.19 bits per heavy atom. The molecule has 0 aromatic carbocycles. The van der Waals surface area contributed by atoms with Gasteiger partial charge in [-0.3, -0.25) is 4.79 Å². The maximum Gasteiger partial charge on any atom is 0.490 e. The minimum atomic E-state index is -5.08. The van der Waals surface area contributed by atoms with Crippen LogP contribution in [-0.2, 0) is 33.7 Å². The molecule has 1 fully saturated rings. The summed E-state index contributed by atoms with van der Waals surface area (Å²) in [5.74, 6) is -5.91. The Bertz CT molecular complexity index is 717. The SMILES string of the molecule is CCCC(CCC)S(=O)(=O)C[C@](N)(C(N)=O)C(=O)O[C@H]1CCOC1.O=C(O)C(F)(F)F. The number of primary amides is 1. The zero-order valence-electron chi connectivity index (χ0n) is 17.3. The number of alkyl halides is 3. The topological polar surface area (TPSA) is 176 Å². The number of hydrogen-bond acceptors (Lipinski definition) is 8. The highest BCUT2D eigenvalue weighted by Gasteiger charge is 2.48. The van der Waals surface area contributed by atoms with E-state index in [9.17, 15) is 31.2 Å². The number of rotatable bonds is 10. The number of aliphatic carboxylic acids is 1. The van der Waals surface area contributed by atoms with Gasteiger partial charge in [0.25, 0.3) is 0 Å². The van der Waals surface area contributed by atoms with Crippen molar-refractivity contribution in [2.24, 2.45) is 11.5 Å². The van der Waals surface area contributed by atoms with Crippen molar-refractivity contribution in [3.63, 3.8) is 0 Å². The highest BCUT2D eigenvalue weighted by Crippen LogP contribution is 2.21. The molecule has 10 nitrogen and oxygen atoms in total. The molecule has 1 aliphatic rings. The molecule has 5 N–H and O–H groups in total. The third-order valence-electron chi connectivity index (χ3n) is 4.37. The Morgan fingerprint density at radius 2 is 1.68 bits per heavy atom. The van der Waals surface area contributed by atoms with Gasteiger partial charge in [0.05, 0.1) is 24.2 Å². The number of nitrogens with two attached hydrogens (primary N) is 2. The summed E-state index contributed by atoms with van der Waals surface area (Å²) in [5.41, 5.74) is 8.66. The molecule has 14 heteroatoms. The second-order valence-corrected chi connectivity index (χ2v) is 9.32. The van der Waals surface area contributed by atoms with E-state index in [0.29, 0.717) is 38.7 Å². The molecular formula is C17H29F3N2O8S. The standard InChI is InChI=1S/C15H28N2O6S.C2HF3O2/c1-3-5-12(6-4-2)24(20,21)10-15(17,13(16)18)14(19)23-11-7-8-22-9-11;3-2(4,5)1(6)7/h11-12H,3-10,17H2,1-2H3,(H2,16,18);(H,6,7)/t11-,15-;/m0./s1. The Balaban J connectivity index is 0.00000110. The molecular weight excluding hydrogens is 449 g/mol. The molecule has 0 radical (unpaired) electrons. The van der Waals surface area contributed by atoms with E-state index < -0.39 is 56.5 Å². The van der Waals surface area contributed by atoms with Crippen molar-refractivity contribution >= 4 is 27.7 Å². The molecule has 0 aromatic heterocycles. The lowest BCUT2D eigenvalue weighted by atomic mass is 10.0. The molecule has 0 aliphatic carbocycles. The molecule has 1 amide bonds. The maximum atomic E-state index is 12.7. The molecule has 31 heavy (non-hydrogen) atoms. The van der Waals surface area contributed by atoms with E-state index >= 15 is 0 Å². The monoisotopic (exact) mass is 478 g/mol. The van der Waals surface area contributed by atoms with Gasteiger partial charge in [0.15, 0.2) is 9.84 Å². The lowest BCUT2D eigenvalue weighted by Gasteiger charge is -2.27. The molecule has 1 rings (SSSR count). The summed E-state index contributed by atoms with van der Waals surface area (Å²) in [6.45, 7) is 4.37. The number of hydrogen-bond donors (Lipinski definition) is 3. The Labute approximate surface area is 178 Å². The van der Waals surface area contributed by atoms with Crippen LogP contribution in [0.4, 0.5) is 13.2 Å². The van der Waals surface area contributed by atoms with Gasteiger partial charge in [0.1, 0.15) is 6.10 Å². The number of carbonyl (C=O) groups excluding carboxylic acids is 2. The predicted octanol–water partition coefficient (Wildman–Crippen LogP) is 0.518. The first-order valence-corrected chi connectivity index (χ1v) is 11.2. The summed E-state index contributed by atoms with van der Waals surface area (Å²) in [6, 6.07) is 0. The van der Waals surface area contributed by atoms with E-state index in [1.165, 1.54) is 0 Å². The van der Waals surface area contributed by atoms with Gasteiger partial charge < -0.3 is 26.0 Å². The molecule has 182 valence electrons. The van der Waals surface area contributed by atoms with Crippen LogP contribution in [0, 0.1) is 0 Å². The summed E-state index contributed by atoms with van der Waals surface area (Å²) in [4.78, 5) is 33.0. The van der Waals surface area contributed by atoms with Crippen LogP contribution in [0.15, 0.2) is 0 Å². The Kier molecular flexibility index (Phi) is 11.4. The average Bonchev–Trinajstić information content (AvgIpc) is 3.13. The summed E-state index contributed by atoms with van der Waals surface area (Å²) < 4.78 is 67.3. The summed E-state index contributed by atoms with van der Waals surface area (Å²) in [5, 5.41) is 6.47. The second-order valence-electron chi connectivity index (χ2n) is 7.04. The number of carboxylic acids is 1. The first-order valence-electron chi connectivity index (χ1n) is 9.51. The van der Waals surface area contributed by atoms with Crippen molar-refractivity contribution < 1.29 is 50.6 Å². The zero-order chi connectivity index (χ0) is 24.5. The van der Waals surface area contributed by atoms with Crippen LogP contribution in [0.25, 0.3) is 0 Å². The quantitative estimate of drug-likeness (QED) is 0.298. The number of sulfone groups is 1. The molecule has 0 spiro atoms. The fraction of sp³-hybridized carbons (Fsp3) is 0.824. The minimum absolute atomic E-state index is 0.196. The fourth-order valence-electron chi connectivity index (χ4n) is 2.68. The van der Waals surface area contributed by atoms with Crippen LogP contribution in [0.1, 0.15) is 46.0 Å². The number of carbonyl (C=O) groups is 3. The Morgan fingerprint density at radius 3 is 2.00 bits per heavy atom. The largest absolute Gasteiger partial charge is 0.490 e. The van der Waals surface area contributed by atoms with Crippen LogP contribution >= 0.6 is 0 Å². The number of esters is 1. The van der Waals surface area contributed by atoms with E-state index in [0.717, 1.165) is 0 Å². The van der Waals surface area contributed by atoms with E-state index in [4.69, 9.17) is 30.8 Å². The summed E-state index contributed by atoms with van der Waals surface area (Å²) >= 11 is 0. The summed E-state index contributed by atoms with van der Waals surface area (Å²) in [7, 11) is -3.79. The van der Waals surface area contributed by atoms with Gasteiger partial charge >= 0.3 is 18.1 Å². The van der Waals surface area contributed by atoms with Gasteiger partial charge in [-0.15, -0.1) is 0 Å². The molecule has 1 heterocycles. The van der Waals surface area contributed by atoms with Crippen molar-refractivity contribution in [1.82, 2.24) is 0 Å². The zero-order valence-corrected chi connectivity index (χ0v) is 18.1. The maximum absolute atomic E-state index is 12.7. The average molecular weight is 478 g/mol. The molecule has 2 atom stereocenters. The normalized spacial score (nSPS) is 18.6. The molecule has 1 saturated heterocycles. The van der Waals surface area contributed by atoms with E-state index in [1.54, 1.807) is 0 Å². The smallest absolute Gasteiger partial charge is 0.475 e. The van der Waals surface area contributed by atoms with Crippen molar-refractivity contribution in [3.05, 3.63) is 0 Å². The van der Waals surface area contributed by atoms with Crippen molar-refractivity contribution in [2.45, 2.75) is 69.0 Å². The van der Waals surface area contributed by atoms with Crippen molar-refractivity contribution in [3.8, 4) is 0 Å². The fourth-order valence-corrected chi connectivity index (χ4v) is 5.00. The van der Waals surface area contributed by atoms with Gasteiger partial charge in [-0.1, -0.05) is 26.7 Å². The minimum Gasteiger partial charge on any atom is -0.475 e. The highest BCUT2D eigenvalue weighted by molar-refractivity contribution is 7.92. The lowest BCUT2D eigenvalue weighted by molar-refractivity contribution is -0.192. The number of carboxylic acid groups (broad SMARTS) is 1. The van der Waals surface area contributed by atoms with E-state index in [2.05, 4.69) is 0 Å². The third-order valence-corrected chi connectivity index (χ3v) is 6.71. The van der Waals surface area contributed by atoms with Crippen LogP contribution < -0.4 is 11.5 Å². The lowest BCUT2D eigenvalue weighted by Crippen LogP contribution is -2.64. The number of halogens is 3. The number of amides is 1. The van der Waals surface area contributed by atoms with Gasteiger partial charge in [0.2, 0.25) is 11.4 Å². The van der Waals surface area contributed by atoms with E-state index in [1.807, 2.05) is 13.8 Å². The Hall–Kier alpha value is -1.93. The number of ether oxygens (including phenoxy) is 2. The van der Waals surface area contributed by atoms with Crippen molar-refractivity contribution in [1.29, 1.82) is 0 Å². The van der Waals surface area contributed by atoms with Gasteiger partial charge in [0, 0.05) is 6.42 Å². The molecule has 1 aliphatic heterocycles. The van der Waals surface area contributed by atoms with Crippen molar-refractivity contribution in [2.75, 3.05) is 19.0 Å². The molecule has 0 bridgehead atoms.